The first-order chi connectivity index (χ1) is 14.4. The van der Waals surface area contributed by atoms with Crippen LogP contribution in [0.25, 0.3) is 0 Å². The molecule has 1 aliphatic rings. The zero-order valence-corrected chi connectivity index (χ0v) is 16.6. The highest BCUT2D eigenvalue weighted by molar-refractivity contribution is 8.14. The van der Waals surface area contributed by atoms with Gasteiger partial charge >= 0.3 is 0 Å². The second-order valence-electron chi connectivity index (χ2n) is 6.11. The molecule has 0 radical (unpaired) electrons. The van der Waals surface area contributed by atoms with E-state index in [0.29, 0.717) is 17.0 Å². The number of rotatable bonds is 6. The van der Waals surface area contributed by atoms with Crippen LogP contribution in [-0.4, -0.2) is 40.5 Å². The molecule has 2 amide bonds. The van der Waals surface area contributed by atoms with Gasteiger partial charge in [-0.2, -0.15) is 5.10 Å². The monoisotopic (exact) mass is 427 g/mol. The maximum Gasteiger partial charge on any atom is 0.270 e. The van der Waals surface area contributed by atoms with Crippen molar-refractivity contribution in [3.8, 4) is 5.75 Å². The summed E-state index contributed by atoms with van der Waals surface area (Å²) in [5.74, 6) is -0.117. The fourth-order valence-electron chi connectivity index (χ4n) is 2.74. The largest absolute Gasteiger partial charge is 0.497 e. The number of thioether (sulfide) groups is 1. The molecule has 2 N–H and O–H groups in total. The Balaban J connectivity index is 1.65. The van der Waals surface area contributed by atoms with Gasteiger partial charge in [0.1, 0.15) is 11.0 Å². The molecule has 2 aromatic rings. The van der Waals surface area contributed by atoms with Gasteiger partial charge in [0, 0.05) is 24.1 Å². The average molecular weight is 427 g/mol. The summed E-state index contributed by atoms with van der Waals surface area (Å²) in [7, 11) is 1.53. The maximum atomic E-state index is 12.6. The number of nitrogens with two attached hydrogens (primary N) is 1. The number of anilines is 1. The molecule has 1 fully saturated rings. The van der Waals surface area contributed by atoms with E-state index in [1.807, 2.05) is 0 Å². The molecule has 154 valence electrons. The summed E-state index contributed by atoms with van der Waals surface area (Å²) in [5, 5.41) is 17.7. The summed E-state index contributed by atoms with van der Waals surface area (Å²) in [6.45, 7) is 0. The molecular formula is C19H17N5O5S. The predicted molar refractivity (Wildman–Crippen MR) is 114 cm³/mol. The number of carbonyl (C=O) groups excluding carboxylic acids is 2. The van der Waals surface area contributed by atoms with Gasteiger partial charge in [-0.15, -0.1) is 5.10 Å². The molecule has 0 aliphatic carbocycles. The van der Waals surface area contributed by atoms with Crippen molar-refractivity contribution in [2.75, 3.05) is 12.0 Å². The van der Waals surface area contributed by atoms with Gasteiger partial charge in [-0.3, -0.25) is 19.7 Å². The van der Waals surface area contributed by atoms with Crippen molar-refractivity contribution in [1.82, 2.24) is 0 Å². The molecule has 1 saturated heterocycles. The van der Waals surface area contributed by atoms with Crippen LogP contribution in [-0.2, 0) is 9.59 Å². The van der Waals surface area contributed by atoms with Crippen LogP contribution in [0.15, 0.2) is 58.7 Å². The van der Waals surface area contributed by atoms with Crippen LogP contribution in [0.3, 0.4) is 0 Å². The first-order valence-electron chi connectivity index (χ1n) is 8.67. The Hall–Kier alpha value is -3.73. The zero-order chi connectivity index (χ0) is 21.7. The van der Waals surface area contributed by atoms with Gasteiger partial charge in [0.2, 0.25) is 11.8 Å². The van der Waals surface area contributed by atoms with E-state index in [9.17, 15) is 19.7 Å². The molecule has 1 heterocycles. The van der Waals surface area contributed by atoms with Crippen molar-refractivity contribution in [2.45, 2.75) is 11.7 Å². The molecule has 0 saturated carbocycles. The summed E-state index contributed by atoms with van der Waals surface area (Å²) >= 11 is 0.937. The maximum absolute atomic E-state index is 12.6. The molecular weight excluding hydrogens is 410 g/mol. The SMILES string of the molecule is COc1ccc(N2C(=O)CC(S/C(N)=N/N=C/c3cccc([N+](=O)[O-])c3)C2=O)cc1. The molecule has 11 heteroatoms. The van der Waals surface area contributed by atoms with Crippen molar-refractivity contribution in [1.29, 1.82) is 0 Å². The molecule has 1 aliphatic heterocycles. The number of nitro benzene ring substituents is 1. The molecule has 1 atom stereocenters. The van der Waals surface area contributed by atoms with Gasteiger partial charge in [0.25, 0.3) is 5.69 Å². The number of methoxy groups -OCH3 is 1. The Morgan fingerprint density at radius 1 is 1.30 bits per heavy atom. The van der Waals surface area contributed by atoms with Crippen LogP contribution >= 0.6 is 11.8 Å². The molecule has 3 rings (SSSR count). The molecule has 0 bridgehead atoms. The zero-order valence-electron chi connectivity index (χ0n) is 15.8. The Kier molecular flexibility index (Phi) is 6.42. The summed E-state index contributed by atoms with van der Waals surface area (Å²) in [6.07, 6.45) is 1.30. The third-order valence-corrected chi connectivity index (χ3v) is 5.12. The number of imide groups is 1. The molecule has 10 nitrogen and oxygen atoms in total. The molecule has 0 spiro atoms. The summed E-state index contributed by atoms with van der Waals surface area (Å²) in [5.41, 5.74) is 6.67. The summed E-state index contributed by atoms with van der Waals surface area (Å²) < 4.78 is 5.08. The molecule has 2 aromatic carbocycles. The highest BCUT2D eigenvalue weighted by Crippen LogP contribution is 2.30. The summed E-state index contributed by atoms with van der Waals surface area (Å²) in [6, 6.07) is 12.4. The van der Waals surface area contributed by atoms with Crippen molar-refractivity contribution in [3.63, 3.8) is 0 Å². The van der Waals surface area contributed by atoms with Gasteiger partial charge in [-0.05, 0) is 24.3 Å². The Labute approximate surface area is 175 Å². The van der Waals surface area contributed by atoms with E-state index in [1.165, 1.54) is 31.5 Å². The molecule has 1 unspecified atom stereocenters. The van der Waals surface area contributed by atoms with E-state index in [-0.39, 0.29) is 23.2 Å². The number of carbonyl (C=O) groups is 2. The lowest BCUT2D eigenvalue weighted by Crippen LogP contribution is -2.31. The minimum atomic E-state index is -0.712. The van der Waals surface area contributed by atoms with Crippen molar-refractivity contribution in [2.24, 2.45) is 15.9 Å². The van der Waals surface area contributed by atoms with E-state index < -0.39 is 16.1 Å². The lowest BCUT2D eigenvalue weighted by Gasteiger charge is -2.15. The quantitative estimate of drug-likeness (QED) is 0.245. The molecule has 0 aromatic heterocycles. The van der Waals surface area contributed by atoms with Crippen LogP contribution in [0.1, 0.15) is 12.0 Å². The van der Waals surface area contributed by atoms with Crippen molar-refractivity contribution in [3.05, 3.63) is 64.2 Å². The number of nitro groups is 1. The second-order valence-corrected chi connectivity index (χ2v) is 7.33. The smallest absolute Gasteiger partial charge is 0.270 e. The topological polar surface area (TPSA) is 140 Å². The van der Waals surface area contributed by atoms with Gasteiger partial charge in [0.05, 0.1) is 23.9 Å². The summed E-state index contributed by atoms with van der Waals surface area (Å²) in [4.78, 5) is 36.3. The van der Waals surface area contributed by atoms with Crippen LogP contribution in [0.2, 0.25) is 0 Å². The number of amidine groups is 1. The van der Waals surface area contributed by atoms with Crippen LogP contribution < -0.4 is 15.4 Å². The minimum Gasteiger partial charge on any atom is -0.497 e. The van der Waals surface area contributed by atoms with Gasteiger partial charge in [-0.25, -0.2) is 4.90 Å². The Morgan fingerprint density at radius 2 is 2.03 bits per heavy atom. The normalized spacial score (nSPS) is 17.0. The number of benzene rings is 2. The fraction of sp³-hybridized carbons (Fsp3) is 0.158. The van der Waals surface area contributed by atoms with Gasteiger partial charge in [0.15, 0.2) is 5.17 Å². The number of ether oxygens (including phenoxy) is 1. The van der Waals surface area contributed by atoms with E-state index in [0.717, 1.165) is 16.7 Å². The lowest BCUT2D eigenvalue weighted by atomic mass is 10.2. The number of non-ortho nitro benzene ring substituents is 1. The number of hydrogen-bond acceptors (Lipinski definition) is 8. The van der Waals surface area contributed by atoms with Crippen LogP contribution in [0.4, 0.5) is 11.4 Å². The van der Waals surface area contributed by atoms with Crippen molar-refractivity contribution >= 4 is 46.3 Å². The number of nitrogens with zero attached hydrogens (tertiary/aromatic N) is 4. The molecule has 30 heavy (non-hydrogen) atoms. The lowest BCUT2D eigenvalue weighted by molar-refractivity contribution is -0.384. The van der Waals surface area contributed by atoms with Gasteiger partial charge in [-0.1, -0.05) is 23.9 Å². The average Bonchev–Trinajstić information content (AvgIpc) is 3.01. The van der Waals surface area contributed by atoms with E-state index in [4.69, 9.17) is 10.5 Å². The minimum absolute atomic E-state index is 0.000545. The van der Waals surface area contributed by atoms with Crippen LogP contribution in [0.5, 0.6) is 5.75 Å². The highest BCUT2D eigenvalue weighted by Gasteiger charge is 2.40. The Morgan fingerprint density at radius 3 is 2.70 bits per heavy atom. The fourth-order valence-corrected chi connectivity index (χ4v) is 3.56. The van der Waals surface area contributed by atoms with E-state index in [1.54, 1.807) is 30.3 Å². The predicted octanol–water partition coefficient (Wildman–Crippen LogP) is 2.32. The highest BCUT2D eigenvalue weighted by atomic mass is 32.2. The van der Waals surface area contributed by atoms with E-state index in [2.05, 4.69) is 10.2 Å². The van der Waals surface area contributed by atoms with E-state index >= 15 is 0 Å². The third-order valence-electron chi connectivity index (χ3n) is 4.14. The third kappa shape index (κ3) is 4.81. The van der Waals surface area contributed by atoms with Crippen molar-refractivity contribution < 1.29 is 19.2 Å². The van der Waals surface area contributed by atoms with Crippen LogP contribution in [0, 0.1) is 10.1 Å². The first kappa shape index (κ1) is 21.0. The first-order valence-corrected chi connectivity index (χ1v) is 9.55. The van der Waals surface area contributed by atoms with Gasteiger partial charge < -0.3 is 10.5 Å². The second kappa shape index (κ2) is 9.18. The number of amides is 2. The Bertz CT molecular complexity index is 1040. The number of hydrogen-bond donors (Lipinski definition) is 1. The standard InChI is InChI=1S/C19H17N5O5S/c1-29-15-7-5-13(6-8-15)23-17(25)10-16(18(23)26)30-19(20)22-21-11-12-3-2-4-14(9-12)24(27)28/h2-9,11,16H,10H2,1H3,(H2,20,22)/b21-11+.